The highest BCUT2D eigenvalue weighted by Crippen LogP contribution is 2.36. The lowest BCUT2D eigenvalue weighted by atomic mass is 10.0. The summed E-state index contributed by atoms with van der Waals surface area (Å²) in [5, 5.41) is 14.2. The minimum Gasteiger partial charge on any atom is -0.493 e. The molecule has 0 bridgehead atoms. The van der Waals surface area contributed by atoms with Crippen molar-refractivity contribution in [3.63, 3.8) is 0 Å². The fourth-order valence-corrected chi connectivity index (χ4v) is 2.77. The summed E-state index contributed by atoms with van der Waals surface area (Å²) in [5.74, 6) is 1.08. The zero-order valence-corrected chi connectivity index (χ0v) is 15.3. The van der Waals surface area contributed by atoms with E-state index in [1.54, 1.807) is 13.2 Å². The van der Waals surface area contributed by atoms with E-state index in [4.69, 9.17) is 21.1 Å². The summed E-state index contributed by atoms with van der Waals surface area (Å²) in [6.45, 7) is 6.47. The molecule has 0 radical (unpaired) electrons. The van der Waals surface area contributed by atoms with E-state index >= 15 is 0 Å². The van der Waals surface area contributed by atoms with Crippen molar-refractivity contribution in [2.45, 2.75) is 25.6 Å². The molecule has 0 amide bonds. The molecule has 134 valence electrons. The van der Waals surface area contributed by atoms with Crippen molar-refractivity contribution in [2.24, 2.45) is 0 Å². The monoisotopic (exact) mass is 361 g/mol. The van der Waals surface area contributed by atoms with E-state index < -0.39 is 6.10 Å². The number of hydrogen-bond acceptors (Lipinski definition) is 4. The predicted octanol–water partition coefficient (Wildman–Crippen LogP) is 4.13. The smallest absolute Gasteiger partial charge is 0.180 e. The van der Waals surface area contributed by atoms with E-state index in [2.05, 4.69) is 11.9 Å². The highest BCUT2D eigenvalue weighted by atomic mass is 35.5. The summed E-state index contributed by atoms with van der Waals surface area (Å²) in [6.07, 6.45) is 1.06. The van der Waals surface area contributed by atoms with Gasteiger partial charge in [-0.05, 0) is 30.2 Å². The molecule has 5 heteroatoms. The van der Waals surface area contributed by atoms with Crippen molar-refractivity contribution in [3.8, 4) is 11.5 Å². The van der Waals surface area contributed by atoms with Crippen molar-refractivity contribution in [3.05, 3.63) is 71.3 Å². The van der Waals surface area contributed by atoms with Gasteiger partial charge in [0.05, 0.1) is 18.2 Å². The lowest BCUT2D eigenvalue weighted by molar-refractivity contribution is 0.135. The standard InChI is InChI=1S/C20H24ClNO3/c1-4-10-25-20-17(21)11-15(12-18(20)24-3)13-22-14(2)19(23)16-8-6-5-7-9-16/h4-9,11-12,14,19,22-23H,1,10,13H2,2-3H3. The second-order valence-electron chi connectivity index (χ2n) is 5.73. The molecule has 2 atom stereocenters. The molecular formula is C20H24ClNO3. The first-order chi connectivity index (χ1) is 12.1. The Labute approximate surface area is 154 Å². The number of hydrogen-bond donors (Lipinski definition) is 2. The van der Waals surface area contributed by atoms with Gasteiger partial charge in [0.15, 0.2) is 11.5 Å². The number of rotatable bonds is 9. The van der Waals surface area contributed by atoms with Crippen LogP contribution in [0.15, 0.2) is 55.1 Å². The molecule has 0 aliphatic rings. The summed E-state index contributed by atoms with van der Waals surface area (Å²) in [4.78, 5) is 0. The van der Waals surface area contributed by atoms with Gasteiger partial charge < -0.3 is 19.9 Å². The first kappa shape index (κ1) is 19.3. The Balaban J connectivity index is 2.05. The van der Waals surface area contributed by atoms with Gasteiger partial charge in [-0.25, -0.2) is 0 Å². The molecule has 0 saturated heterocycles. The Hall–Kier alpha value is -2.01. The van der Waals surface area contributed by atoms with Crippen molar-refractivity contribution in [2.75, 3.05) is 13.7 Å². The van der Waals surface area contributed by atoms with Crippen LogP contribution in [0, 0.1) is 0 Å². The lowest BCUT2D eigenvalue weighted by Gasteiger charge is -2.21. The third kappa shape index (κ3) is 5.23. The maximum Gasteiger partial charge on any atom is 0.180 e. The molecule has 2 unspecified atom stereocenters. The molecule has 2 aromatic rings. The van der Waals surface area contributed by atoms with Gasteiger partial charge >= 0.3 is 0 Å². The number of aliphatic hydroxyl groups is 1. The van der Waals surface area contributed by atoms with Gasteiger partial charge in [-0.2, -0.15) is 0 Å². The van der Waals surface area contributed by atoms with Gasteiger partial charge in [-0.1, -0.05) is 54.6 Å². The summed E-state index contributed by atoms with van der Waals surface area (Å²) >= 11 is 6.31. The van der Waals surface area contributed by atoms with E-state index in [1.165, 1.54) is 0 Å². The summed E-state index contributed by atoms with van der Waals surface area (Å²) in [5.41, 5.74) is 1.83. The van der Waals surface area contributed by atoms with E-state index in [-0.39, 0.29) is 6.04 Å². The number of nitrogens with one attached hydrogen (secondary N) is 1. The average Bonchev–Trinajstić information content (AvgIpc) is 2.64. The third-order valence-corrected chi connectivity index (χ3v) is 4.16. The van der Waals surface area contributed by atoms with Crippen LogP contribution in [-0.4, -0.2) is 24.9 Å². The number of aliphatic hydroxyl groups excluding tert-OH is 1. The van der Waals surface area contributed by atoms with Gasteiger partial charge in [0.1, 0.15) is 6.61 Å². The molecule has 0 aliphatic carbocycles. The molecule has 25 heavy (non-hydrogen) atoms. The Morgan fingerprint density at radius 3 is 2.64 bits per heavy atom. The lowest BCUT2D eigenvalue weighted by Crippen LogP contribution is -2.31. The number of ether oxygens (including phenoxy) is 2. The van der Waals surface area contributed by atoms with Crippen LogP contribution in [0.4, 0.5) is 0 Å². The maximum atomic E-state index is 10.4. The number of benzene rings is 2. The Morgan fingerprint density at radius 2 is 2.00 bits per heavy atom. The molecule has 0 spiro atoms. The summed E-state index contributed by atoms with van der Waals surface area (Å²) in [6, 6.07) is 13.2. The first-order valence-electron chi connectivity index (χ1n) is 8.13. The van der Waals surface area contributed by atoms with E-state index in [9.17, 15) is 5.11 Å². The van der Waals surface area contributed by atoms with Crippen molar-refractivity contribution < 1.29 is 14.6 Å². The molecule has 2 aromatic carbocycles. The largest absolute Gasteiger partial charge is 0.493 e. The van der Waals surface area contributed by atoms with Crippen LogP contribution in [0.1, 0.15) is 24.2 Å². The average molecular weight is 362 g/mol. The normalized spacial score (nSPS) is 13.1. The molecule has 0 aromatic heterocycles. The second-order valence-corrected chi connectivity index (χ2v) is 6.14. The van der Waals surface area contributed by atoms with Crippen LogP contribution >= 0.6 is 11.6 Å². The van der Waals surface area contributed by atoms with Crippen LogP contribution < -0.4 is 14.8 Å². The van der Waals surface area contributed by atoms with E-state index in [0.717, 1.165) is 11.1 Å². The molecule has 2 rings (SSSR count). The topological polar surface area (TPSA) is 50.7 Å². The molecule has 2 N–H and O–H groups in total. The summed E-state index contributed by atoms with van der Waals surface area (Å²) < 4.78 is 10.9. The molecule has 0 fully saturated rings. The van der Waals surface area contributed by atoms with E-state index in [0.29, 0.717) is 29.7 Å². The second kappa shape index (κ2) is 9.47. The van der Waals surface area contributed by atoms with Gasteiger partial charge in [-0.3, -0.25) is 0 Å². The van der Waals surface area contributed by atoms with Crippen LogP contribution in [0.3, 0.4) is 0 Å². The molecule has 4 nitrogen and oxygen atoms in total. The van der Waals surface area contributed by atoms with Crippen LogP contribution in [-0.2, 0) is 6.54 Å². The van der Waals surface area contributed by atoms with Gasteiger partial charge in [0.25, 0.3) is 0 Å². The molecular weight excluding hydrogens is 338 g/mol. The van der Waals surface area contributed by atoms with Crippen molar-refractivity contribution in [1.82, 2.24) is 5.32 Å². The Kier molecular flexibility index (Phi) is 7.31. The maximum absolute atomic E-state index is 10.4. The minimum atomic E-state index is -0.589. The minimum absolute atomic E-state index is 0.121. The summed E-state index contributed by atoms with van der Waals surface area (Å²) in [7, 11) is 1.57. The molecule has 0 aliphatic heterocycles. The first-order valence-corrected chi connectivity index (χ1v) is 8.51. The Morgan fingerprint density at radius 1 is 1.28 bits per heavy atom. The van der Waals surface area contributed by atoms with Crippen LogP contribution in [0.5, 0.6) is 11.5 Å². The highest BCUT2D eigenvalue weighted by molar-refractivity contribution is 6.32. The Bertz CT molecular complexity index is 691. The third-order valence-electron chi connectivity index (χ3n) is 3.88. The van der Waals surface area contributed by atoms with Gasteiger partial charge in [-0.15, -0.1) is 0 Å². The van der Waals surface area contributed by atoms with Crippen molar-refractivity contribution >= 4 is 11.6 Å². The SMILES string of the molecule is C=CCOc1c(Cl)cc(CNC(C)C(O)c2ccccc2)cc1OC. The zero-order chi connectivity index (χ0) is 18.2. The fraction of sp³-hybridized carbons (Fsp3) is 0.300. The number of halogens is 1. The van der Waals surface area contributed by atoms with Crippen LogP contribution in [0.2, 0.25) is 5.02 Å². The highest BCUT2D eigenvalue weighted by Gasteiger charge is 2.17. The predicted molar refractivity (Wildman–Crippen MR) is 101 cm³/mol. The van der Waals surface area contributed by atoms with Crippen molar-refractivity contribution in [1.29, 1.82) is 0 Å². The van der Waals surface area contributed by atoms with Gasteiger partial charge in [0.2, 0.25) is 0 Å². The van der Waals surface area contributed by atoms with Crippen LogP contribution in [0.25, 0.3) is 0 Å². The number of methoxy groups -OCH3 is 1. The molecule has 0 saturated carbocycles. The molecule has 0 heterocycles. The zero-order valence-electron chi connectivity index (χ0n) is 14.5. The van der Waals surface area contributed by atoms with E-state index in [1.807, 2.05) is 49.4 Å². The fourth-order valence-electron chi connectivity index (χ4n) is 2.49. The quantitative estimate of drug-likeness (QED) is 0.659. The van der Waals surface area contributed by atoms with Gasteiger partial charge in [0, 0.05) is 12.6 Å².